The van der Waals surface area contributed by atoms with E-state index in [2.05, 4.69) is 94.5 Å². The standard InChI is InChI=1S/C25H29N/c1-24(2,3)19-11-15-22(16-12-19)26-23-17-13-21(14-18-23)25(4,5)20-9-7-6-8-10-20/h6-18,26H,1-5H3/i17D. The number of hydrogen-bond acceptors (Lipinski definition) is 1. The molecule has 0 aliphatic carbocycles. The van der Waals surface area contributed by atoms with Gasteiger partial charge in [-0.15, -0.1) is 0 Å². The van der Waals surface area contributed by atoms with Crippen LogP contribution in [-0.2, 0) is 10.8 Å². The summed E-state index contributed by atoms with van der Waals surface area (Å²) in [6.45, 7) is 11.0. The summed E-state index contributed by atoms with van der Waals surface area (Å²) in [5, 5.41) is 3.38. The highest BCUT2D eigenvalue weighted by Crippen LogP contribution is 2.32. The zero-order valence-electron chi connectivity index (χ0n) is 17.4. The molecule has 0 spiro atoms. The molecule has 0 radical (unpaired) electrons. The fourth-order valence-electron chi connectivity index (χ4n) is 3.12. The number of hydrogen-bond donors (Lipinski definition) is 1. The predicted octanol–water partition coefficient (Wildman–Crippen LogP) is 7.05. The van der Waals surface area contributed by atoms with Gasteiger partial charge >= 0.3 is 0 Å². The lowest BCUT2D eigenvalue weighted by atomic mass is 9.78. The molecule has 26 heavy (non-hydrogen) atoms. The molecule has 1 heteroatoms. The third-order valence-corrected chi connectivity index (χ3v) is 5.06. The lowest BCUT2D eigenvalue weighted by Gasteiger charge is -2.26. The smallest absolute Gasteiger partial charge is 0.0645 e. The second-order valence-corrected chi connectivity index (χ2v) is 8.43. The molecule has 3 aromatic carbocycles. The minimum Gasteiger partial charge on any atom is -0.356 e. The molecule has 134 valence electrons. The van der Waals surface area contributed by atoms with Crippen molar-refractivity contribution in [3.05, 3.63) is 95.5 Å². The maximum atomic E-state index is 8.48. The Hall–Kier alpha value is -2.54. The van der Waals surface area contributed by atoms with Crippen LogP contribution in [0.25, 0.3) is 0 Å². The second-order valence-electron chi connectivity index (χ2n) is 8.43. The summed E-state index contributed by atoms with van der Waals surface area (Å²) in [6, 6.07) is 25.5. The molecular formula is C25H29N. The topological polar surface area (TPSA) is 12.0 Å². The van der Waals surface area contributed by atoms with E-state index in [1.165, 1.54) is 11.1 Å². The molecule has 0 saturated heterocycles. The predicted molar refractivity (Wildman–Crippen MR) is 113 cm³/mol. The first-order valence-corrected chi connectivity index (χ1v) is 9.22. The summed E-state index contributed by atoms with van der Waals surface area (Å²) in [7, 11) is 0. The largest absolute Gasteiger partial charge is 0.356 e. The van der Waals surface area contributed by atoms with Crippen LogP contribution in [0.1, 0.15) is 52.7 Å². The monoisotopic (exact) mass is 344 g/mol. The van der Waals surface area contributed by atoms with E-state index in [-0.39, 0.29) is 10.8 Å². The van der Waals surface area contributed by atoms with Gasteiger partial charge in [0.2, 0.25) is 0 Å². The fraction of sp³-hybridized carbons (Fsp3) is 0.280. The van der Waals surface area contributed by atoms with E-state index >= 15 is 0 Å². The Kier molecular flexibility index (Phi) is 4.55. The molecule has 0 unspecified atom stereocenters. The summed E-state index contributed by atoms with van der Waals surface area (Å²) in [5.74, 6) is 0. The second kappa shape index (κ2) is 6.99. The zero-order chi connectivity index (χ0) is 19.7. The van der Waals surface area contributed by atoms with Gasteiger partial charge in [-0.2, -0.15) is 0 Å². The minimum absolute atomic E-state index is 0.135. The third-order valence-electron chi connectivity index (χ3n) is 5.06. The number of anilines is 2. The highest BCUT2D eigenvalue weighted by atomic mass is 14.9. The van der Waals surface area contributed by atoms with Crippen molar-refractivity contribution in [1.29, 1.82) is 0 Å². The molecular weight excluding hydrogens is 314 g/mol. The van der Waals surface area contributed by atoms with Gasteiger partial charge in [-0.05, 0) is 46.3 Å². The molecule has 1 N–H and O–H groups in total. The first-order chi connectivity index (χ1) is 12.7. The van der Waals surface area contributed by atoms with Gasteiger partial charge in [0.15, 0.2) is 0 Å². The average molecular weight is 345 g/mol. The van der Waals surface area contributed by atoms with E-state index in [0.717, 1.165) is 16.9 Å². The van der Waals surface area contributed by atoms with Crippen LogP contribution in [0.2, 0.25) is 0 Å². The van der Waals surface area contributed by atoms with Crippen molar-refractivity contribution in [1.82, 2.24) is 0 Å². The van der Waals surface area contributed by atoms with Gasteiger partial charge in [0, 0.05) is 16.8 Å². The highest BCUT2D eigenvalue weighted by molar-refractivity contribution is 5.61. The fourth-order valence-corrected chi connectivity index (χ4v) is 3.12. The van der Waals surface area contributed by atoms with E-state index in [9.17, 15) is 0 Å². The van der Waals surface area contributed by atoms with Crippen molar-refractivity contribution in [3.8, 4) is 0 Å². The van der Waals surface area contributed by atoms with Crippen LogP contribution >= 0.6 is 0 Å². The maximum absolute atomic E-state index is 8.48. The van der Waals surface area contributed by atoms with Crippen LogP contribution in [-0.4, -0.2) is 0 Å². The number of nitrogens with one attached hydrogen (secondary N) is 1. The Bertz CT molecular complexity index is 903. The lowest BCUT2D eigenvalue weighted by molar-refractivity contribution is 0.590. The van der Waals surface area contributed by atoms with E-state index in [0.29, 0.717) is 6.04 Å². The number of rotatable bonds is 4. The van der Waals surface area contributed by atoms with Crippen molar-refractivity contribution < 1.29 is 1.37 Å². The Balaban J connectivity index is 1.83. The van der Waals surface area contributed by atoms with Crippen molar-refractivity contribution >= 4 is 11.4 Å². The van der Waals surface area contributed by atoms with Crippen LogP contribution in [0.3, 0.4) is 0 Å². The maximum Gasteiger partial charge on any atom is 0.0645 e. The Morgan fingerprint density at radius 2 is 1.15 bits per heavy atom. The molecule has 0 aliphatic rings. The third kappa shape index (κ3) is 3.99. The molecule has 0 atom stereocenters. The first-order valence-electron chi connectivity index (χ1n) is 9.72. The molecule has 0 saturated carbocycles. The van der Waals surface area contributed by atoms with Crippen molar-refractivity contribution in [2.45, 2.75) is 45.4 Å². The van der Waals surface area contributed by atoms with Crippen LogP contribution in [0.5, 0.6) is 0 Å². The van der Waals surface area contributed by atoms with Gasteiger partial charge in [0.05, 0.1) is 1.37 Å². The molecule has 1 nitrogen and oxygen atoms in total. The highest BCUT2D eigenvalue weighted by Gasteiger charge is 2.22. The first kappa shape index (κ1) is 16.9. The summed E-state index contributed by atoms with van der Waals surface area (Å²) < 4.78 is 8.48. The van der Waals surface area contributed by atoms with Crippen LogP contribution in [0.15, 0.2) is 78.8 Å². The molecule has 0 bridgehead atoms. The Morgan fingerprint density at radius 3 is 1.73 bits per heavy atom. The van der Waals surface area contributed by atoms with E-state index in [1.54, 1.807) is 0 Å². The number of benzene rings is 3. The van der Waals surface area contributed by atoms with Crippen LogP contribution in [0, 0.1) is 0 Å². The van der Waals surface area contributed by atoms with Crippen LogP contribution in [0.4, 0.5) is 11.4 Å². The van der Waals surface area contributed by atoms with Gasteiger partial charge in [-0.3, -0.25) is 0 Å². The van der Waals surface area contributed by atoms with E-state index < -0.39 is 0 Å². The summed E-state index contributed by atoms with van der Waals surface area (Å²) in [6.07, 6.45) is 0. The molecule has 0 aliphatic heterocycles. The molecule has 0 amide bonds. The van der Waals surface area contributed by atoms with Gasteiger partial charge in [0.25, 0.3) is 0 Å². The minimum atomic E-state index is -0.135. The van der Waals surface area contributed by atoms with Gasteiger partial charge in [-0.1, -0.05) is 89.2 Å². The molecule has 3 aromatic rings. The van der Waals surface area contributed by atoms with Gasteiger partial charge in [-0.25, -0.2) is 0 Å². The van der Waals surface area contributed by atoms with Crippen molar-refractivity contribution in [2.75, 3.05) is 5.32 Å². The Morgan fingerprint density at radius 1 is 0.615 bits per heavy atom. The lowest BCUT2D eigenvalue weighted by Crippen LogP contribution is -2.18. The summed E-state index contributed by atoms with van der Waals surface area (Å²) in [4.78, 5) is 0. The Labute approximate surface area is 159 Å². The molecule has 0 aromatic heterocycles. The average Bonchev–Trinajstić information content (AvgIpc) is 2.64. The molecule has 0 heterocycles. The molecule has 3 rings (SSSR count). The molecule has 0 fully saturated rings. The van der Waals surface area contributed by atoms with Gasteiger partial charge in [0.1, 0.15) is 0 Å². The van der Waals surface area contributed by atoms with Crippen molar-refractivity contribution in [2.24, 2.45) is 0 Å². The SMILES string of the molecule is [2H]c1cc(C(C)(C)c2ccccc2)ccc1Nc1ccc(C(C)(C)C)cc1. The van der Waals surface area contributed by atoms with Gasteiger partial charge < -0.3 is 5.32 Å². The normalized spacial score (nSPS) is 12.6. The quantitative estimate of drug-likeness (QED) is 0.534. The van der Waals surface area contributed by atoms with E-state index in [4.69, 9.17) is 1.37 Å². The van der Waals surface area contributed by atoms with Crippen LogP contribution < -0.4 is 5.32 Å². The summed E-state index contributed by atoms with van der Waals surface area (Å²) >= 11 is 0. The summed E-state index contributed by atoms with van der Waals surface area (Å²) in [5.41, 5.74) is 5.54. The van der Waals surface area contributed by atoms with E-state index in [1.807, 2.05) is 18.2 Å². The zero-order valence-corrected chi connectivity index (χ0v) is 16.4. The van der Waals surface area contributed by atoms with Crippen molar-refractivity contribution in [3.63, 3.8) is 0 Å².